The van der Waals surface area contributed by atoms with Gasteiger partial charge in [-0.1, -0.05) is 43.0 Å². The summed E-state index contributed by atoms with van der Waals surface area (Å²) in [6.07, 6.45) is 6.32. The van der Waals surface area contributed by atoms with Crippen molar-refractivity contribution < 1.29 is 9.90 Å². The molecular formula is C17H18ClNO2. The van der Waals surface area contributed by atoms with E-state index in [4.69, 9.17) is 11.6 Å². The normalized spacial score (nSPS) is 17.6. The molecule has 21 heavy (non-hydrogen) atoms. The average Bonchev–Trinajstić information content (AvgIpc) is 2.98. The maximum absolute atomic E-state index is 12.0. The molecule has 4 heteroatoms. The van der Waals surface area contributed by atoms with E-state index >= 15 is 0 Å². The zero-order chi connectivity index (χ0) is 14.9. The van der Waals surface area contributed by atoms with E-state index in [2.05, 4.69) is 0 Å². The van der Waals surface area contributed by atoms with Crippen LogP contribution in [0.3, 0.4) is 0 Å². The van der Waals surface area contributed by atoms with Crippen molar-refractivity contribution in [2.45, 2.75) is 37.6 Å². The van der Waals surface area contributed by atoms with Gasteiger partial charge in [-0.05, 0) is 42.7 Å². The lowest BCUT2D eigenvalue weighted by molar-refractivity contribution is -0.149. The van der Waals surface area contributed by atoms with E-state index in [0.29, 0.717) is 17.9 Å². The van der Waals surface area contributed by atoms with Crippen LogP contribution in [-0.4, -0.2) is 15.6 Å². The van der Waals surface area contributed by atoms with Gasteiger partial charge < -0.3 is 9.67 Å². The van der Waals surface area contributed by atoms with Gasteiger partial charge >= 0.3 is 5.97 Å². The van der Waals surface area contributed by atoms with E-state index in [1.165, 1.54) is 0 Å². The summed E-state index contributed by atoms with van der Waals surface area (Å²) in [6, 6.07) is 11.4. The maximum atomic E-state index is 12.0. The van der Waals surface area contributed by atoms with Gasteiger partial charge in [-0.25, -0.2) is 4.79 Å². The number of halogens is 1. The van der Waals surface area contributed by atoms with Gasteiger partial charge in [0.05, 0.1) is 0 Å². The quantitative estimate of drug-likeness (QED) is 0.903. The van der Waals surface area contributed by atoms with Crippen LogP contribution in [-0.2, 0) is 10.3 Å². The van der Waals surface area contributed by atoms with Crippen LogP contribution in [0, 0.1) is 0 Å². The number of rotatable bonds is 3. The fourth-order valence-corrected chi connectivity index (χ4v) is 3.43. The highest BCUT2D eigenvalue weighted by Crippen LogP contribution is 2.39. The second kappa shape index (κ2) is 5.57. The molecule has 110 valence electrons. The Balaban J connectivity index is 2.08. The zero-order valence-electron chi connectivity index (χ0n) is 11.8. The highest BCUT2D eigenvalue weighted by Gasteiger charge is 2.42. The Hall–Kier alpha value is -1.74. The molecule has 1 aliphatic carbocycles. The molecule has 0 bridgehead atoms. The summed E-state index contributed by atoms with van der Waals surface area (Å²) in [4.78, 5) is 12.0. The molecule has 1 N–H and O–H groups in total. The fraction of sp³-hybridized carbons (Fsp3) is 0.353. The number of hydrogen-bond donors (Lipinski definition) is 1. The number of carbonyl (C=O) groups is 1. The Bertz CT molecular complexity index is 639. The molecule has 1 heterocycles. The molecule has 1 aromatic heterocycles. The number of nitrogens with zero attached hydrogens (tertiary/aromatic N) is 1. The largest absolute Gasteiger partial charge is 0.479 e. The van der Waals surface area contributed by atoms with Crippen LogP contribution in [0.25, 0.3) is 11.3 Å². The second-order valence-electron chi connectivity index (χ2n) is 5.67. The number of carboxylic acids is 1. The molecule has 0 amide bonds. The Labute approximate surface area is 129 Å². The molecular weight excluding hydrogens is 286 g/mol. The number of benzene rings is 1. The number of aliphatic carboxylic acids is 1. The smallest absolute Gasteiger partial charge is 0.329 e. The van der Waals surface area contributed by atoms with Crippen LogP contribution >= 0.6 is 11.6 Å². The van der Waals surface area contributed by atoms with E-state index in [-0.39, 0.29) is 0 Å². The monoisotopic (exact) mass is 303 g/mol. The summed E-state index contributed by atoms with van der Waals surface area (Å²) in [5.74, 6) is -0.728. The van der Waals surface area contributed by atoms with Crippen molar-refractivity contribution in [3.8, 4) is 11.3 Å². The number of hydrogen-bond acceptors (Lipinski definition) is 1. The first-order chi connectivity index (χ1) is 10.1. The summed E-state index contributed by atoms with van der Waals surface area (Å²) in [5, 5.41) is 10.5. The Morgan fingerprint density at radius 3 is 2.38 bits per heavy atom. The molecule has 0 saturated heterocycles. The van der Waals surface area contributed by atoms with Crippen molar-refractivity contribution in [3.05, 3.63) is 47.6 Å². The summed E-state index contributed by atoms with van der Waals surface area (Å²) >= 11 is 5.94. The van der Waals surface area contributed by atoms with E-state index in [9.17, 15) is 9.90 Å². The Morgan fingerprint density at radius 2 is 1.76 bits per heavy atom. The lowest BCUT2D eigenvalue weighted by Gasteiger charge is -2.36. The SMILES string of the molecule is O=C(O)C1(n2cccc2-c2ccc(Cl)cc2)CCCCC1. The van der Waals surface area contributed by atoms with E-state index in [1.54, 1.807) is 0 Å². The first kappa shape index (κ1) is 14.2. The number of carboxylic acid groups (broad SMARTS) is 1. The third kappa shape index (κ3) is 2.46. The molecule has 1 aromatic carbocycles. The van der Waals surface area contributed by atoms with Gasteiger partial charge in [0.1, 0.15) is 5.54 Å². The summed E-state index contributed by atoms with van der Waals surface area (Å²) in [7, 11) is 0. The van der Waals surface area contributed by atoms with Gasteiger partial charge in [0, 0.05) is 16.9 Å². The van der Waals surface area contributed by atoms with Gasteiger partial charge in [-0.3, -0.25) is 0 Å². The van der Waals surface area contributed by atoms with Crippen molar-refractivity contribution in [2.75, 3.05) is 0 Å². The molecule has 2 aromatic rings. The van der Waals surface area contributed by atoms with Gasteiger partial charge in [0.25, 0.3) is 0 Å². The van der Waals surface area contributed by atoms with Crippen molar-refractivity contribution >= 4 is 17.6 Å². The molecule has 0 spiro atoms. The third-order valence-corrected chi connectivity index (χ3v) is 4.68. The van der Waals surface area contributed by atoms with E-state index < -0.39 is 11.5 Å². The van der Waals surface area contributed by atoms with Crippen LogP contribution in [0.2, 0.25) is 5.02 Å². The van der Waals surface area contributed by atoms with Crippen LogP contribution in [0.15, 0.2) is 42.6 Å². The zero-order valence-corrected chi connectivity index (χ0v) is 12.5. The first-order valence-corrected chi connectivity index (χ1v) is 7.68. The molecule has 3 rings (SSSR count). The average molecular weight is 304 g/mol. The van der Waals surface area contributed by atoms with Crippen LogP contribution in [0.1, 0.15) is 32.1 Å². The van der Waals surface area contributed by atoms with Gasteiger partial charge in [-0.2, -0.15) is 0 Å². The molecule has 1 fully saturated rings. The maximum Gasteiger partial charge on any atom is 0.329 e. The summed E-state index contributed by atoms with van der Waals surface area (Å²) in [6.45, 7) is 0. The van der Waals surface area contributed by atoms with E-state index in [1.807, 2.05) is 47.2 Å². The predicted octanol–water partition coefficient (Wildman–Crippen LogP) is 4.55. The highest BCUT2D eigenvalue weighted by molar-refractivity contribution is 6.30. The van der Waals surface area contributed by atoms with Crippen molar-refractivity contribution in [1.29, 1.82) is 0 Å². The van der Waals surface area contributed by atoms with Gasteiger partial charge in [0.2, 0.25) is 0 Å². The molecule has 3 nitrogen and oxygen atoms in total. The van der Waals surface area contributed by atoms with E-state index in [0.717, 1.165) is 30.5 Å². The minimum Gasteiger partial charge on any atom is -0.479 e. The first-order valence-electron chi connectivity index (χ1n) is 7.31. The van der Waals surface area contributed by atoms with Crippen LogP contribution in [0.4, 0.5) is 0 Å². The lowest BCUT2D eigenvalue weighted by atomic mass is 9.81. The van der Waals surface area contributed by atoms with Crippen LogP contribution < -0.4 is 0 Å². The Morgan fingerprint density at radius 1 is 1.10 bits per heavy atom. The fourth-order valence-electron chi connectivity index (χ4n) is 3.30. The second-order valence-corrected chi connectivity index (χ2v) is 6.10. The minimum absolute atomic E-state index is 0.683. The standard InChI is InChI=1S/C17H18ClNO2/c18-14-8-6-13(7-9-14)15-5-4-12-19(15)17(16(20)21)10-2-1-3-11-17/h4-9,12H,1-3,10-11H2,(H,20,21). The van der Waals surface area contributed by atoms with Gasteiger partial charge in [-0.15, -0.1) is 0 Å². The molecule has 0 radical (unpaired) electrons. The Kier molecular flexibility index (Phi) is 3.77. The van der Waals surface area contributed by atoms with Crippen molar-refractivity contribution in [2.24, 2.45) is 0 Å². The van der Waals surface area contributed by atoms with Crippen molar-refractivity contribution in [3.63, 3.8) is 0 Å². The lowest BCUT2D eigenvalue weighted by Crippen LogP contribution is -2.43. The summed E-state index contributed by atoms with van der Waals surface area (Å²) < 4.78 is 1.94. The number of aromatic nitrogens is 1. The highest BCUT2D eigenvalue weighted by atomic mass is 35.5. The predicted molar refractivity (Wildman–Crippen MR) is 83.6 cm³/mol. The minimum atomic E-state index is -0.809. The topological polar surface area (TPSA) is 42.2 Å². The summed E-state index contributed by atoms with van der Waals surface area (Å²) in [5.41, 5.74) is 1.13. The molecule has 0 aliphatic heterocycles. The molecule has 1 saturated carbocycles. The van der Waals surface area contributed by atoms with Gasteiger partial charge in [0.15, 0.2) is 0 Å². The molecule has 0 atom stereocenters. The third-order valence-electron chi connectivity index (χ3n) is 4.43. The molecule has 1 aliphatic rings. The van der Waals surface area contributed by atoms with Crippen LogP contribution in [0.5, 0.6) is 0 Å². The van der Waals surface area contributed by atoms with Crippen molar-refractivity contribution in [1.82, 2.24) is 4.57 Å². The molecule has 0 unspecified atom stereocenters.